The monoisotopic (exact) mass is 319 g/mol. The third kappa shape index (κ3) is 4.33. The quantitative estimate of drug-likeness (QED) is 0.767. The predicted octanol–water partition coefficient (Wildman–Crippen LogP) is 0.0503. The average Bonchev–Trinajstić information content (AvgIpc) is 2.97. The number of ether oxygens (including phenoxy) is 1. The van der Waals surface area contributed by atoms with Crippen molar-refractivity contribution in [2.75, 3.05) is 26.8 Å². The molecule has 0 spiro atoms. The number of tetrazole rings is 1. The summed E-state index contributed by atoms with van der Waals surface area (Å²) in [5.41, 5.74) is 1.10. The van der Waals surface area contributed by atoms with Crippen LogP contribution < -0.4 is 0 Å². The fourth-order valence-corrected chi connectivity index (χ4v) is 1.96. The molecule has 0 aliphatic carbocycles. The van der Waals surface area contributed by atoms with Crippen LogP contribution in [0.1, 0.15) is 10.4 Å². The third-order valence-corrected chi connectivity index (χ3v) is 3.08. The number of carboxylic acids is 1. The van der Waals surface area contributed by atoms with E-state index in [0.717, 1.165) is 5.56 Å². The molecule has 2 aromatic rings. The lowest BCUT2D eigenvalue weighted by molar-refractivity contribution is -0.137. The van der Waals surface area contributed by atoms with Gasteiger partial charge < -0.3 is 14.7 Å². The van der Waals surface area contributed by atoms with Crippen molar-refractivity contribution in [3.63, 3.8) is 0 Å². The first-order valence-electron chi connectivity index (χ1n) is 6.85. The molecule has 1 aromatic heterocycles. The van der Waals surface area contributed by atoms with E-state index in [1.165, 1.54) is 16.8 Å². The van der Waals surface area contributed by atoms with Gasteiger partial charge in [-0.1, -0.05) is 12.1 Å². The van der Waals surface area contributed by atoms with Crippen molar-refractivity contribution in [3.8, 4) is 11.4 Å². The summed E-state index contributed by atoms with van der Waals surface area (Å²) in [7, 11) is 3.15. The predicted molar refractivity (Wildman–Crippen MR) is 79.6 cm³/mol. The van der Waals surface area contributed by atoms with Crippen LogP contribution in [-0.2, 0) is 16.6 Å². The molecule has 0 saturated heterocycles. The standard InChI is InChI=1S/C14H17N5O4/c1-18-16-13(15-17-18)10-3-5-11(6-4-10)14(22)19(7-8-23-2)9-12(20)21/h3-6H,7-9H2,1-2H3,(H,20,21). The van der Waals surface area contributed by atoms with Crippen LogP contribution in [0, 0.1) is 0 Å². The third-order valence-electron chi connectivity index (χ3n) is 3.08. The molecule has 9 heteroatoms. The Morgan fingerprint density at radius 1 is 1.30 bits per heavy atom. The van der Waals surface area contributed by atoms with Gasteiger partial charge in [-0.2, -0.15) is 4.80 Å². The molecule has 1 heterocycles. The lowest BCUT2D eigenvalue weighted by Gasteiger charge is -2.20. The highest BCUT2D eigenvalue weighted by molar-refractivity contribution is 5.96. The van der Waals surface area contributed by atoms with Crippen molar-refractivity contribution >= 4 is 11.9 Å². The Balaban J connectivity index is 2.15. The van der Waals surface area contributed by atoms with Gasteiger partial charge in [-0.05, 0) is 17.3 Å². The van der Waals surface area contributed by atoms with Gasteiger partial charge in [-0.15, -0.1) is 10.2 Å². The Morgan fingerprint density at radius 2 is 2.00 bits per heavy atom. The fourth-order valence-electron chi connectivity index (χ4n) is 1.96. The minimum absolute atomic E-state index is 0.203. The van der Waals surface area contributed by atoms with Crippen LogP contribution in [0.4, 0.5) is 0 Å². The van der Waals surface area contributed by atoms with Gasteiger partial charge in [0, 0.05) is 24.8 Å². The van der Waals surface area contributed by atoms with E-state index in [-0.39, 0.29) is 25.6 Å². The number of methoxy groups -OCH3 is 1. The highest BCUT2D eigenvalue weighted by atomic mass is 16.5. The highest BCUT2D eigenvalue weighted by Crippen LogP contribution is 2.15. The second-order valence-corrected chi connectivity index (χ2v) is 4.79. The second-order valence-electron chi connectivity index (χ2n) is 4.79. The molecule has 0 aliphatic rings. The minimum atomic E-state index is -1.07. The van der Waals surface area contributed by atoms with E-state index < -0.39 is 5.97 Å². The number of hydrogen-bond acceptors (Lipinski definition) is 6. The Morgan fingerprint density at radius 3 is 2.52 bits per heavy atom. The number of aliphatic carboxylic acids is 1. The summed E-state index contributed by atoms with van der Waals surface area (Å²) in [4.78, 5) is 25.9. The summed E-state index contributed by atoms with van der Waals surface area (Å²) in [6, 6.07) is 6.60. The molecule has 0 saturated carbocycles. The zero-order chi connectivity index (χ0) is 16.8. The molecule has 23 heavy (non-hydrogen) atoms. The smallest absolute Gasteiger partial charge is 0.323 e. The van der Waals surface area contributed by atoms with Gasteiger partial charge in [0.15, 0.2) is 0 Å². The van der Waals surface area contributed by atoms with Crippen LogP contribution >= 0.6 is 0 Å². The molecule has 1 N–H and O–H groups in total. The van der Waals surface area contributed by atoms with Crippen molar-refractivity contribution in [1.29, 1.82) is 0 Å². The van der Waals surface area contributed by atoms with E-state index in [9.17, 15) is 9.59 Å². The van der Waals surface area contributed by atoms with E-state index in [0.29, 0.717) is 11.4 Å². The number of nitrogens with zero attached hydrogens (tertiary/aromatic N) is 5. The molecule has 0 atom stereocenters. The van der Waals surface area contributed by atoms with E-state index >= 15 is 0 Å². The van der Waals surface area contributed by atoms with Crippen LogP contribution in [0.5, 0.6) is 0 Å². The lowest BCUT2D eigenvalue weighted by Crippen LogP contribution is -2.37. The number of carbonyl (C=O) groups is 2. The zero-order valence-electron chi connectivity index (χ0n) is 12.8. The molecule has 0 unspecified atom stereocenters. The summed E-state index contributed by atoms with van der Waals surface area (Å²) < 4.78 is 4.91. The van der Waals surface area contributed by atoms with Crippen LogP contribution in [0.25, 0.3) is 11.4 Å². The largest absolute Gasteiger partial charge is 0.480 e. The number of aryl methyl sites for hydroxylation is 1. The molecule has 1 amide bonds. The summed E-state index contributed by atoms with van der Waals surface area (Å²) >= 11 is 0. The van der Waals surface area contributed by atoms with Crippen LogP contribution in [0.2, 0.25) is 0 Å². The normalized spacial score (nSPS) is 10.5. The molecule has 122 valence electrons. The Hall–Kier alpha value is -2.81. The maximum absolute atomic E-state index is 12.4. The molecule has 0 bridgehead atoms. The Kier molecular flexibility index (Phi) is 5.36. The van der Waals surface area contributed by atoms with Gasteiger partial charge in [0.05, 0.1) is 13.7 Å². The molecular weight excluding hydrogens is 302 g/mol. The fraction of sp³-hybridized carbons (Fsp3) is 0.357. The first-order chi connectivity index (χ1) is 11.0. The van der Waals surface area contributed by atoms with E-state index in [2.05, 4.69) is 15.4 Å². The van der Waals surface area contributed by atoms with Gasteiger partial charge in [0.1, 0.15) is 6.54 Å². The molecule has 0 fully saturated rings. The first kappa shape index (κ1) is 16.6. The van der Waals surface area contributed by atoms with E-state index in [1.807, 2.05) is 0 Å². The summed E-state index contributed by atoms with van der Waals surface area (Å²) in [6.45, 7) is 0.0887. The number of rotatable bonds is 7. The van der Waals surface area contributed by atoms with Crippen LogP contribution in [0.15, 0.2) is 24.3 Å². The number of amides is 1. The molecule has 1 aromatic carbocycles. The number of hydrogen-bond donors (Lipinski definition) is 1. The SMILES string of the molecule is COCCN(CC(=O)O)C(=O)c1ccc(-c2nnn(C)n2)cc1. The van der Waals surface area contributed by atoms with Gasteiger partial charge >= 0.3 is 5.97 Å². The maximum Gasteiger partial charge on any atom is 0.323 e. The average molecular weight is 319 g/mol. The van der Waals surface area contributed by atoms with Crippen molar-refractivity contribution in [3.05, 3.63) is 29.8 Å². The van der Waals surface area contributed by atoms with Crippen LogP contribution in [-0.4, -0.2) is 68.9 Å². The maximum atomic E-state index is 12.4. The van der Waals surface area contributed by atoms with Gasteiger partial charge in [0.2, 0.25) is 5.82 Å². The van der Waals surface area contributed by atoms with Crippen LogP contribution in [0.3, 0.4) is 0 Å². The first-order valence-corrected chi connectivity index (χ1v) is 6.85. The molecular formula is C14H17N5O4. The number of aromatic nitrogens is 4. The second kappa shape index (κ2) is 7.45. The number of benzene rings is 1. The molecule has 9 nitrogen and oxygen atoms in total. The van der Waals surface area contributed by atoms with Gasteiger partial charge in [0.25, 0.3) is 5.91 Å². The molecule has 0 aliphatic heterocycles. The summed E-state index contributed by atoms with van der Waals surface area (Å²) in [6.07, 6.45) is 0. The molecule has 2 rings (SSSR count). The van der Waals surface area contributed by atoms with Crippen molar-refractivity contribution < 1.29 is 19.4 Å². The minimum Gasteiger partial charge on any atom is -0.480 e. The summed E-state index contributed by atoms with van der Waals surface area (Å²) in [5, 5.41) is 20.6. The Labute approximate surface area is 132 Å². The lowest BCUT2D eigenvalue weighted by atomic mass is 10.1. The van der Waals surface area contributed by atoms with E-state index in [4.69, 9.17) is 9.84 Å². The van der Waals surface area contributed by atoms with Gasteiger partial charge in [-0.25, -0.2) is 0 Å². The topological polar surface area (TPSA) is 110 Å². The van der Waals surface area contributed by atoms with Crippen molar-refractivity contribution in [2.45, 2.75) is 0 Å². The van der Waals surface area contributed by atoms with Crippen molar-refractivity contribution in [1.82, 2.24) is 25.1 Å². The van der Waals surface area contributed by atoms with Crippen molar-refractivity contribution in [2.24, 2.45) is 7.05 Å². The van der Waals surface area contributed by atoms with E-state index in [1.54, 1.807) is 31.3 Å². The number of carboxylic acid groups (broad SMARTS) is 1. The van der Waals surface area contributed by atoms with Gasteiger partial charge in [-0.3, -0.25) is 9.59 Å². The summed E-state index contributed by atoms with van der Waals surface area (Å²) in [5.74, 6) is -0.994. The highest BCUT2D eigenvalue weighted by Gasteiger charge is 2.18. The Bertz CT molecular complexity index is 683. The molecule has 0 radical (unpaired) electrons. The zero-order valence-corrected chi connectivity index (χ0v) is 12.8. The number of carbonyl (C=O) groups excluding carboxylic acids is 1.